The number of rotatable bonds is 5. The van der Waals surface area contributed by atoms with Gasteiger partial charge in [-0.05, 0) is 43.4 Å². The second-order valence-electron chi connectivity index (χ2n) is 8.24. The van der Waals surface area contributed by atoms with Crippen LogP contribution in [-0.4, -0.2) is 37.5 Å². The van der Waals surface area contributed by atoms with Crippen LogP contribution in [-0.2, 0) is 19.5 Å². The Balaban J connectivity index is 1.20. The number of pyridine rings is 2. The van der Waals surface area contributed by atoms with Crippen molar-refractivity contribution in [2.75, 3.05) is 6.54 Å². The third-order valence-electron chi connectivity index (χ3n) is 5.99. The van der Waals surface area contributed by atoms with Crippen molar-refractivity contribution >= 4 is 0 Å². The summed E-state index contributed by atoms with van der Waals surface area (Å²) in [6, 6.07) is 8.06. The van der Waals surface area contributed by atoms with Crippen LogP contribution in [0.25, 0.3) is 11.4 Å². The van der Waals surface area contributed by atoms with Crippen LogP contribution in [0, 0.1) is 0 Å². The van der Waals surface area contributed by atoms with Gasteiger partial charge in [0.15, 0.2) is 5.82 Å². The molecule has 5 rings (SSSR count). The van der Waals surface area contributed by atoms with Crippen LogP contribution < -0.4 is 4.74 Å². The molecule has 0 unspecified atom stereocenters. The fourth-order valence-electron chi connectivity index (χ4n) is 4.34. The Morgan fingerprint density at radius 2 is 1.83 bits per heavy atom. The highest BCUT2D eigenvalue weighted by Crippen LogP contribution is 2.24. The minimum atomic E-state index is 0.340. The van der Waals surface area contributed by atoms with Gasteiger partial charge in [0.25, 0.3) is 0 Å². The summed E-state index contributed by atoms with van der Waals surface area (Å²) in [6.45, 7) is 2.73. The lowest BCUT2D eigenvalue weighted by Gasteiger charge is -2.28. The van der Waals surface area contributed by atoms with Gasteiger partial charge in [-0.1, -0.05) is 12.5 Å². The van der Waals surface area contributed by atoms with Crippen molar-refractivity contribution < 1.29 is 4.74 Å². The molecule has 0 saturated heterocycles. The number of hydrogen-bond donors (Lipinski definition) is 0. The zero-order chi connectivity index (χ0) is 20.2. The van der Waals surface area contributed by atoms with Crippen LogP contribution in [0.2, 0.25) is 0 Å². The van der Waals surface area contributed by atoms with Gasteiger partial charge in [-0.2, -0.15) is 0 Å². The van der Waals surface area contributed by atoms with Crippen LogP contribution in [0.3, 0.4) is 0 Å². The molecule has 4 heterocycles. The minimum absolute atomic E-state index is 0.340. The van der Waals surface area contributed by atoms with E-state index in [4.69, 9.17) is 9.72 Å². The molecule has 0 amide bonds. The van der Waals surface area contributed by atoms with Crippen molar-refractivity contribution in [3.63, 3.8) is 0 Å². The van der Waals surface area contributed by atoms with Gasteiger partial charge in [0.2, 0.25) is 5.88 Å². The van der Waals surface area contributed by atoms with Gasteiger partial charge >= 0.3 is 0 Å². The molecule has 154 valence electrons. The van der Waals surface area contributed by atoms with Crippen molar-refractivity contribution in [2.45, 2.75) is 57.7 Å². The van der Waals surface area contributed by atoms with E-state index in [1.54, 1.807) is 12.4 Å². The van der Waals surface area contributed by atoms with Gasteiger partial charge in [0.1, 0.15) is 6.10 Å². The lowest BCUT2D eigenvalue weighted by molar-refractivity contribution is 0.148. The molecular weight excluding hydrogens is 374 g/mol. The van der Waals surface area contributed by atoms with E-state index in [1.165, 1.54) is 30.4 Å². The van der Waals surface area contributed by atoms with Crippen molar-refractivity contribution in [3.05, 3.63) is 65.9 Å². The van der Waals surface area contributed by atoms with Crippen molar-refractivity contribution in [1.29, 1.82) is 0 Å². The first-order chi connectivity index (χ1) is 14.8. The van der Waals surface area contributed by atoms with E-state index in [0.717, 1.165) is 61.9 Å². The van der Waals surface area contributed by atoms with Crippen LogP contribution in [0.4, 0.5) is 0 Å². The topological polar surface area (TPSA) is 64.0 Å². The SMILES string of the molecule is c1cc(-c2ncc3c(n2)CCN(Cc2ccc(OC4CCCCC4)nc2)C3)ccn1. The van der Waals surface area contributed by atoms with Gasteiger partial charge in [0, 0.05) is 68.0 Å². The minimum Gasteiger partial charge on any atom is -0.474 e. The second-order valence-corrected chi connectivity index (χ2v) is 8.24. The molecule has 0 aromatic carbocycles. The molecule has 0 bridgehead atoms. The largest absolute Gasteiger partial charge is 0.474 e. The highest BCUT2D eigenvalue weighted by Gasteiger charge is 2.19. The molecule has 0 atom stereocenters. The molecule has 2 aliphatic rings. The predicted molar refractivity (Wildman–Crippen MR) is 115 cm³/mol. The maximum Gasteiger partial charge on any atom is 0.213 e. The monoisotopic (exact) mass is 401 g/mol. The average Bonchev–Trinajstić information content (AvgIpc) is 2.81. The maximum atomic E-state index is 6.05. The lowest BCUT2D eigenvalue weighted by atomic mass is 9.98. The second kappa shape index (κ2) is 8.88. The van der Waals surface area contributed by atoms with E-state index in [-0.39, 0.29) is 0 Å². The normalized spacial score (nSPS) is 17.5. The van der Waals surface area contributed by atoms with Gasteiger partial charge in [-0.15, -0.1) is 0 Å². The fourth-order valence-corrected chi connectivity index (χ4v) is 4.34. The number of aromatic nitrogens is 4. The Morgan fingerprint density at radius 3 is 2.63 bits per heavy atom. The van der Waals surface area contributed by atoms with Gasteiger partial charge < -0.3 is 4.74 Å². The molecule has 0 spiro atoms. The standard InChI is InChI=1S/C24H27N5O/c1-2-4-21(5-3-1)30-23-7-6-18(14-26-23)16-29-13-10-22-20(17-29)15-27-24(28-22)19-8-11-25-12-9-19/h6-9,11-12,14-15,21H,1-5,10,13,16-17H2. The Morgan fingerprint density at radius 1 is 0.967 bits per heavy atom. The summed E-state index contributed by atoms with van der Waals surface area (Å²) in [5.41, 5.74) is 4.59. The fraction of sp³-hybridized carbons (Fsp3) is 0.417. The van der Waals surface area contributed by atoms with Crippen molar-refractivity contribution in [1.82, 2.24) is 24.8 Å². The zero-order valence-corrected chi connectivity index (χ0v) is 17.2. The summed E-state index contributed by atoms with van der Waals surface area (Å²) in [6.07, 6.45) is 14.9. The number of ether oxygens (including phenoxy) is 1. The van der Waals surface area contributed by atoms with Crippen molar-refractivity contribution in [2.24, 2.45) is 0 Å². The summed E-state index contributed by atoms with van der Waals surface area (Å²) in [5, 5.41) is 0. The molecule has 3 aromatic heterocycles. The first-order valence-corrected chi connectivity index (χ1v) is 10.9. The van der Waals surface area contributed by atoms with Gasteiger partial charge in [0.05, 0.1) is 5.69 Å². The van der Waals surface area contributed by atoms with E-state index in [9.17, 15) is 0 Å². The quantitative estimate of drug-likeness (QED) is 0.638. The smallest absolute Gasteiger partial charge is 0.213 e. The summed E-state index contributed by atoms with van der Waals surface area (Å²) in [5.74, 6) is 1.54. The molecule has 0 radical (unpaired) electrons. The molecule has 1 fully saturated rings. The summed E-state index contributed by atoms with van der Waals surface area (Å²) >= 11 is 0. The Labute approximate surface area is 177 Å². The van der Waals surface area contributed by atoms with E-state index < -0.39 is 0 Å². The predicted octanol–water partition coefficient (Wildman–Crippen LogP) is 4.20. The molecular formula is C24H27N5O. The van der Waals surface area contributed by atoms with E-state index in [0.29, 0.717) is 6.10 Å². The van der Waals surface area contributed by atoms with E-state index in [1.807, 2.05) is 30.6 Å². The summed E-state index contributed by atoms with van der Waals surface area (Å²) < 4.78 is 6.05. The first-order valence-electron chi connectivity index (χ1n) is 10.9. The van der Waals surface area contributed by atoms with E-state index in [2.05, 4.69) is 25.9 Å². The number of nitrogens with zero attached hydrogens (tertiary/aromatic N) is 5. The van der Waals surface area contributed by atoms with Gasteiger partial charge in [-0.25, -0.2) is 15.0 Å². The molecule has 3 aromatic rings. The molecule has 1 aliphatic carbocycles. The van der Waals surface area contributed by atoms with Crippen LogP contribution >= 0.6 is 0 Å². The average molecular weight is 402 g/mol. The summed E-state index contributed by atoms with van der Waals surface area (Å²) in [7, 11) is 0. The highest BCUT2D eigenvalue weighted by atomic mass is 16.5. The Kier molecular flexibility index (Phi) is 5.66. The molecule has 30 heavy (non-hydrogen) atoms. The Bertz CT molecular complexity index is 971. The number of hydrogen-bond acceptors (Lipinski definition) is 6. The molecule has 1 aliphatic heterocycles. The van der Waals surface area contributed by atoms with Crippen LogP contribution in [0.15, 0.2) is 49.1 Å². The molecule has 1 saturated carbocycles. The Hall–Kier alpha value is -2.86. The van der Waals surface area contributed by atoms with Crippen LogP contribution in [0.1, 0.15) is 48.9 Å². The summed E-state index contributed by atoms with van der Waals surface area (Å²) in [4.78, 5) is 20.4. The van der Waals surface area contributed by atoms with Gasteiger partial charge in [-0.3, -0.25) is 9.88 Å². The number of fused-ring (bicyclic) bond motifs is 1. The third-order valence-corrected chi connectivity index (χ3v) is 5.99. The van der Waals surface area contributed by atoms with E-state index >= 15 is 0 Å². The lowest BCUT2D eigenvalue weighted by Crippen LogP contribution is -2.31. The molecule has 6 nitrogen and oxygen atoms in total. The highest BCUT2D eigenvalue weighted by molar-refractivity contribution is 5.54. The zero-order valence-electron chi connectivity index (χ0n) is 17.2. The third kappa shape index (κ3) is 4.49. The molecule has 6 heteroatoms. The van der Waals surface area contributed by atoms with Crippen LogP contribution in [0.5, 0.6) is 5.88 Å². The van der Waals surface area contributed by atoms with Crippen molar-refractivity contribution in [3.8, 4) is 17.3 Å². The first kappa shape index (κ1) is 19.1. The maximum absolute atomic E-state index is 6.05. The molecule has 0 N–H and O–H groups in total.